The maximum Gasteiger partial charge on any atom is 0.264 e. The van der Waals surface area contributed by atoms with Crippen LogP contribution in [0, 0.1) is 0 Å². The SMILES string of the molecule is C[C@H]1Cc2ccccc2N1S(=O)(=O)c1cccc(-c2nc3ccccc3s2)c1. The second-order valence-electron chi connectivity index (χ2n) is 7.00. The predicted octanol–water partition coefficient (Wildman–Crippen LogP) is 5.10. The van der Waals surface area contributed by atoms with E-state index in [0.717, 1.165) is 38.5 Å². The zero-order chi connectivity index (χ0) is 19.3. The molecule has 3 aromatic carbocycles. The molecule has 0 radical (unpaired) electrons. The third kappa shape index (κ3) is 2.72. The number of hydrogen-bond acceptors (Lipinski definition) is 4. The number of hydrogen-bond donors (Lipinski definition) is 0. The van der Waals surface area contributed by atoms with E-state index in [1.807, 2.05) is 61.5 Å². The fraction of sp³-hybridized carbons (Fsp3) is 0.136. The highest BCUT2D eigenvalue weighted by molar-refractivity contribution is 7.92. The lowest BCUT2D eigenvalue weighted by Crippen LogP contribution is -2.35. The number of rotatable bonds is 3. The molecule has 5 rings (SSSR count). The van der Waals surface area contributed by atoms with Crippen LogP contribution in [0.1, 0.15) is 12.5 Å². The Hall–Kier alpha value is -2.70. The van der Waals surface area contributed by atoms with Gasteiger partial charge in [-0.2, -0.15) is 0 Å². The molecule has 0 amide bonds. The normalized spacial score (nSPS) is 16.5. The van der Waals surface area contributed by atoms with Gasteiger partial charge in [-0.15, -0.1) is 11.3 Å². The van der Waals surface area contributed by atoms with Gasteiger partial charge in [-0.05, 0) is 49.2 Å². The molecule has 0 saturated heterocycles. The molecule has 140 valence electrons. The van der Waals surface area contributed by atoms with Gasteiger partial charge in [0.25, 0.3) is 10.0 Å². The Labute approximate surface area is 168 Å². The Morgan fingerprint density at radius 3 is 2.64 bits per heavy atom. The summed E-state index contributed by atoms with van der Waals surface area (Å²) in [6.45, 7) is 1.95. The highest BCUT2D eigenvalue weighted by Crippen LogP contribution is 2.37. The molecule has 28 heavy (non-hydrogen) atoms. The Bertz CT molecular complexity index is 1260. The minimum Gasteiger partial charge on any atom is -0.263 e. The zero-order valence-corrected chi connectivity index (χ0v) is 16.9. The van der Waals surface area contributed by atoms with Gasteiger partial charge in [0.15, 0.2) is 0 Å². The molecule has 0 bridgehead atoms. The summed E-state index contributed by atoms with van der Waals surface area (Å²) in [4.78, 5) is 4.96. The number of thiazole rings is 1. The van der Waals surface area contributed by atoms with Gasteiger partial charge in [-0.1, -0.05) is 42.5 Å². The fourth-order valence-electron chi connectivity index (χ4n) is 3.80. The molecule has 1 atom stereocenters. The molecule has 0 N–H and O–H groups in total. The number of aromatic nitrogens is 1. The first-order chi connectivity index (χ1) is 13.5. The summed E-state index contributed by atoms with van der Waals surface area (Å²) in [6.07, 6.45) is 0.729. The van der Waals surface area contributed by atoms with Crippen molar-refractivity contribution in [3.05, 3.63) is 78.4 Å². The second kappa shape index (κ2) is 6.43. The van der Waals surface area contributed by atoms with E-state index < -0.39 is 10.0 Å². The van der Waals surface area contributed by atoms with Crippen molar-refractivity contribution in [3.63, 3.8) is 0 Å². The minimum absolute atomic E-state index is 0.103. The van der Waals surface area contributed by atoms with Crippen molar-refractivity contribution in [2.75, 3.05) is 4.31 Å². The summed E-state index contributed by atoms with van der Waals surface area (Å²) in [6, 6.07) is 22.7. The van der Waals surface area contributed by atoms with Crippen molar-refractivity contribution >= 4 is 37.3 Å². The second-order valence-corrected chi connectivity index (χ2v) is 9.84. The lowest BCUT2D eigenvalue weighted by molar-refractivity contribution is 0.584. The topological polar surface area (TPSA) is 50.3 Å². The van der Waals surface area contributed by atoms with Crippen molar-refractivity contribution < 1.29 is 8.42 Å². The van der Waals surface area contributed by atoms with Crippen molar-refractivity contribution in [2.45, 2.75) is 24.3 Å². The Morgan fingerprint density at radius 1 is 1.00 bits per heavy atom. The summed E-state index contributed by atoms with van der Waals surface area (Å²) < 4.78 is 29.6. The van der Waals surface area contributed by atoms with Crippen LogP contribution in [0.15, 0.2) is 77.7 Å². The molecule has 6 heteroatoms. The molecule has 0 aliphatic carbocycles. The molecular weight excluding hydrogens is 388 g/mol. The first-order valence-corrected chi connectivity index (χ1v) is 11.4. The quantitative estimate of drug-likeness (QED) is 0.475. The number of sulfonamides is 1. The average Bonchev–Trinajstić information content (AvgIpc) is 3.28. The van der Waals surface area contributed by atoms with Crippen LogP contribution in [0.25, 0.3) is 20.8 Å². The number of anilines is 1. The van der Waals surface area contributed by atoms with E-state index in [0.29, 0.717) is 4.90 Å². The monoisotopic (exact) mass is 406 g/mol. The number of nitrogens with zero attached hydrogens (tertiary/aromatic N) is 2. The first-order valence-electron chi connectivity index (χ1n) is 9.12. The largest absolute Gasteiger partial charge is 0.264 e. The summed E-state index contributed by atoms with van der Waals surface area (Å²) in [5, 5.41) is 0.827. The maximum absolute atomic E-state index is 13.5. The number of benzene rings is 3. The zero-order valence-electron chi connectivity index (χ0n) is 15.2. The maximum atomic E-state index is 13.5. The van der Waals surface area contributed by atoms with E-state index in [4.69, 9.17) is 0 Å². The smallest absolute Gasteiger partial charge is 0.263 e. The lowest BCUT2D eigenvalue weighted by Gasteiger charge is -2.24. The number of para-hydroxylation sites is 2. The predicted molar refractivity (Wildman–Crippen MR) is 114 cm³/mol. The molecule has 0 spiro atoms. The van der Waals surface area contributed by atoms with Crippen molar-refractivity contribution in [1.82, 2.24) is 4.98 Å². The lowest BCUT2D eigenvalue weighted by atomic mass is 10.1. The van der Waals surface area contributed by atoms with Crippen molar-refractivity contribution in [3.8, 4) is 10.6 Å². The van der Waals surface area contributed by atoms with E-state index in [9.17, 15) is 8.42 Å². The molecular formula is C22H18N2O2S2. The molecule has 1 aliphatic heterocycles. The van der Waals surface area contributed by atoms with Gasteiger partial charge in [-0.3, -0.25) is 4.31 Å². The highest BCUT2D eigenvalue weighted by atomic mass is 32.2. The summed E-state index contributed by atoms with van der Waals surface area (Å²) in [5.41, 5.74) is 3.60. The van der Waals surface area contributed by atoms with Gasteiger partial charge >= 0.3 is 0 Å². The number of fused-ring (bicyclic) bond motifs is 2. The van der Waals surface area contributed by atoms with Crippen LogP contribution < -0.4 is 4.31 Å². The van der Waals surface area contributed by atoms with E-state index >= 15 is 0 Å². The van der Waals surface area contributed by atoms with Crippen LogP contribution in [-0.2, 0) is 16.4 Å². The average molecular weight is 407 g/mol. The van der Waals surface area contributed by atoms with Crippen LogP contribution in [-0.4, -0.2) is 19.4 Å². The van der Waals surface area contributed by atoms with E-state index in [-0.39, 0.29) is 6.04 Å². The van der Waals surface area contributed by atoms with Crippen LogP contribution >= 0.6 is 11.3 Å². The van der Waals surface area contributed by atoms with Crippen LogP contribution in [0.3, 0.4) is 0 Å². The fourth-order valence-corrected chi connectivity index (χ4v) is 6.50. The summed E-state index contributed by atoms with van der Waals surface area (Å²) in [5.74, 6) is 0. The minimum atomic E-state index is -3.65. The van der Waals surface area contributed by atoms with Crippen LogP contribution in [0.2, 0.25) is 0 Å². The van der Waals surface area contributed by atoms with Gasteiger partial charge in [0.05, 0.1) is 20.8 Å². The van der Waals surface area contributed by atoms with E-state index in [1.165, 1.54) is 0 Å². The first kappa shape index (κ1) is 17.4. The van der Waals surface area contributed by atoms with Gasteiger partial charge in [0.1, 0.15) is 5.01 Å². The van der Waals surface area contributed by atoms with Gasteiger partial charge < -0.3 is 0 Å². The van der Waals surface area contributed by atoms with E-state index in [1.54, 1.807) is 33.8 Å². The van der Waals surface area contributed by atoms with Gasteiger partial charge in [0, 0.05) is 11.6 Å². The molecule has 0 fully saturated rings. The molecule has 4 nitrogen and oxygen atoms in total. The van der Waals surface area contributed by atoms with Crippen LogP contribution in [0.5, 0.6) is 0 Å². The third-order valence-corrected chi connectivity index (χ3v) is 8.09. The molecule has 1 aromatic heterocycles. The molecule has 0 saturated carbocycles. The highest BCUT2D eigenvalue weighted by Gasteiger charge is 2.35. The summed E-state index contributed by atoms with van der Waals surface area (Å²) in [7, 11) is -3.65. The Kier molecular flexibility index (Phi) is 4.00. The van der Waals surface area contributed by atoms with Crippen LogP contribution in [0.4, 0.5) is 5.69 Å². The van der Waals surface area contributed by atoms with Crippen molar-refractivity contribution in [2.24, 2.45) is 0 Å². The third-order valence-electron chi connectivity index (χ3n) is 5.08. The van der Waals surface area contributed by atoms with Crippen molar-refractivity contribution in [1.29, 1.82) is 0 Å². The Morgan fingerprint density at radius 2 is 1.79 bits per heavy atom. The molecule has 2 heterocycles. The van der Waals surface area contributed by atoms with E-state index in [2.05, 4.69) is 4.98 Å². The Balaban J connectivity index is 1.59. The molecule has 1 aliphatic rings. The standard InChI is InChI=1S/C22H18N2O2S2/c1-15-13-16-7-2-4-11-20(16)24(15)28(25,26)18-9-6-8-17(14-18)22-23-19-10-3-5-12-21(19)27-22/h2-12,14-15H,13H2,1H3/t15-/m0/s1. The molecule has 4 aromatic rings. The summed E-state index contributed by atoms with van der Waals surface area (Å²) >= 11 is 1.57. The van der Waals surface area contributed by atoms with Gasteiger partial charge in [0.2, 0.25) is 0 Å². The molecule has 0 unspecified atom stereocenters. The van der Waals surface area contributed by atoms with Gasteiger partial charge in [-0.25, -0.2) is 13.4 Å².